The summed E-state index contributed by atoms with van der Waals surface area (Å²) in [5.74, 6) is 0. The number of aromatic nitrogens is 3. The third-order valence-electron chi connectivity index (χ3n) is 4.01. The molecule has 0 amide bonds. The van der Waals surface area contributed by atoms with Crippen LogP contribution in [-0.2, 0) is 16.4 Å². The Balaban J connectivity index is 1.90. The molecule has 138 valence electrons. The predicted octanol–water partition coefficient (Wildman–Crippen LogP) is 4.06. The van der Waals surface area contributed by atoms with Gasteiger partial charge in [0, 0.05) is 24.3 Å². The zero-order chi connectivity index (χ0) is 18.6. The van der Waals surface area contributed by atoms with E-state index in [-0.39, 0.29) is 10.2 Å². The van der Waals surface area contributed by atoms with Crippen LogP contribution in [0.3, 0.4) is 0 Å². The summed E-state index contributed by atoms with van der Waals surface area (Å²) in [4.78, 5) is 7.31. The second-order valence-corrected chi connectivity index (χ2v) is 10.7. The molecular weight excluding hydrogens is 435 g/mol. The van der Waals surface area contributed by atoms with E-state index in [4.69, 9.17) is 23.2 Å². The third-order valence-corrected chi connectivity index (χ3v) is 8.20. The number of rotatable bonds is 5. The molecule has 4 rings (SSSR count). The molecule has 0 atom stereocenters. The number of hydrogen-bond acceptors (Lipinski definition) is 6. The summed E-state index contributed by atoms with van der Waals surface area (Å²) in [5, 5.41) is 2.72. The summed E-state index contributed by atoms with van der Waals surface area (Å²) in [6, 6.07) is 1.95. The highest BCUT2D eigenvalue weighted by molar-refractivity contribution is 7.90. The number of fused-ring (bicyclic) bond motifs is 2. The molecule has 6 nitrogen and oxygen atoms in total. The molecule has 26 heavy (non-hydrogen) atoms. The fourth-order valence-electron chi connectivity index (χ4n) is 2.80. The topological polar surface area (TPSA) is 59.6 Å². The van der Waals surface area contributed by atoms with E-state index in [1.807, 2.05) is 25.5 Å². The number of thiophene rings is 1. The van der Waals surface area contributed by atoms with Crippen molar-refractivity contribution in [2.75, 3.05) is 20.6 Å². The molecule has 11 heteroatoms. The lowest BCUT2D eigenvalue weighted by Crippen LogP contribution is -2.15. The van der Waals surface area contributed by atoms with E-state index in [0.717, 1.165) is 23.9 Å². The maximum atomic E-state index is 13.4. The summed E-state index contributed by atoms with van der Waals surface area (Å²) in [6.07, 6.45) is 3.96. The lowest BCUT2D eigenvalue weighted by atomic mass is 10.2. The number of imidazole rings is 1. The Morgan fingerprint density at radius 3 is 2.77 bits per heavy atom. The van der Waals surface area contributed by atoms with Crippen molar-refractivity contribution >= 4 is 71.1 Å². The molecule has 0 fully saturated rings. The fraction of sp³-hybridized carbons (Fsp3) is 0.267. The first-order valence-electron chi connectivity index (χ1n) is 7.59. The van der Waals surface area contributed by atoms with Gasteiger partial charge in [-0.3, -0.25) is 4.40 Å². The summed E-state index contributed by atoms with van der Waals surface area (Å²) in [7, 11) is 0.0517. The van der Waals surface area contributed by atoms with Crippen LogP contribution >= 0.6 is 45.9 Å². The van der Waals surface area contributed by atoms with Crippen molar-refractivity contribution in [3.05, 3.63) is 38.9 Å². The quantitative estimate of drug-likeness (QED) is 0.461. The highest BCUT2D eigenvalue weighted by Crippen LogP contribution is 2.35. The van der Waals surface area contributed by atoms with Crippen LogP contribution in [0, 0.1) is 0 Å². The first-order chi connectivity index (χ1) is 12.3. The maximum Gasteiger partial charge on any atom is 0.288 e. The van der Waals surface area contributed by atoms with Gasteiger partial charge in [-0.25, -0.2) is 8.96 Å². The largest absolute Gasteiger partial charge is 0.309 e. The normalized spacial score (nSPS) is 12.8. The van der Waals surface area contributed by atoms with E-state index in [1.54, 1.807) is 6.20 Å². The van der Waals surface area contributed by atoms with E-state index in [1.165, 1.54) is 37.2 Å². The Morgan fingerprint density at radius 1 is 1.27 bits per heavy atom. The molecule has 0 bridgehead atoms. The van der Waals surface area contributed by atoms with Gasteiger partial charge < -0.3 is 4.90 Å². The van der Waals surface area contributed by atoms with Gasteiger partial charge in [-0.05, 0) is 37.5 Å². The van der Waals surface area contributed by atoms with Crippen LogP contribution in [0.5, 0.6) is 0 Å². The van der Waals surface area contributed by atoms with Gasteiger partial charge in [0.1, 0.15) is 9.17 Å². The Bertz CT molecular complexity index is 1220. The lowest BCUT2D eigenvalue weighted by molar-refractivity contribution is 0.414. The predicted molar refractivity (Wildman–Crippen MR) is 108 cm³/mol. The van der Waals surface area contributed by atoms with Crippen LogP contribution in [0.15, 0.2) is 28.9 Å². The van der Waals surface area contributed by atoms with Crippen LogP contribution in [0.25, 0.3) is 15.2 Å². The highest BCUT2D eigenvalue weighted by Gasteiger charge is 2.29. The first kappa shape index (κ1) is 18.3. The van der Waals surface area contributed by atoms with Gasteiger partial charge in [-0.1, -0.05) is 34.5 Å². The van der Waals surface area contributed by atoms with Crippen molar-refractivity contribution in [2.45, 2.75) is 11.4 Å². The van der Waals surface area contributed by atoms with Gasteiger partial charge in [0.05, 0.1) is 0 Å². The van der Waals surface area contributed by atoms with Crippen LogP contribution in [0.1, 0.15) is 5.56 Å². The van der Waals surface area contributed by atoms with Crippen molar-refractivity contribution in [2.24, 2.45) is 0 Å². The Labute approximate surface area is 168 Å². The zero-order valence-corrected chi connectivity index (χ0v) is 17.8. The fourth-order valence-corrected chi connectivity index (χ4v) is 7.05. The number of nitrogens with zero attached hydrogens (tertiary/aromatic N) is 4. The Hall–Kier alpha value is -1.10. The van der Waals surface area contributed by atoms with Gasteiger partial charge in [0.25, 0.3) is 10.0 Å². The molecule has 0 aliphatic carbocycles. The summed E-state index contributed by atoms with van der Waals surface area (Å²) in [5.41, 5.74) is 0.985. The Morgan fingerprint density at radius 2 is 2.04 bits per heavy atom. The van der Waals surface area contributed by atoms with Crippen LogP contribution in [0.2, 0.25) is 9.49 Å². The maximum absolute atomic E-state index is 13.4. The SMILES string of the molecule is CN(C)CCc1cn(S(=O)(=O)c2c(Cl)nc3sc(Cl)cn23)c2sccc12. The molecule has 4 aromatic heterocycles. The molecule has 4 aromatic rings. The minimum absolute atomic E-state index is 0.0545. The van der Waals surface area contributed by atoms with E-state index < -0.39 is 10.0 Å². The molecular formula is C15H14Cl2N4O2S3. The zero-order valence-electron chi connectivity index (χ0n) is 13.8. The monoisotopic (exact) mass is 448 g/mol. The minimum atomic E-state index is -3.92. The van der Waals surface area contributed by atoms with Gasteiger partial charge in [0.2, 0.25) is 5.03 Å². The van der Waals surface area contributed by atoms with E-state index in [9.17, 15) is 8.42 Å². The van der Waals surface area contributed by atoms with Gasteiger partial charge in [-0.15, -0.1) is 11.3 Å². The first-order valence-corrected chi connectivity index (χ1v) is 11.5. The van der Waals surface area contributed by atoms with Gasteiger partial charge in [0.15, 0.2) is 10.1 Å². The third kappa shape index (κ3) is 2.87. The molecule has 0 spiro atoms. The molecule has 0 saturated heterocycles. The molecule has 0 aliphatic rings. The molecule has 4 heterocycles. The van der Waals surface area contributed by atoms with Crippen molar-refractivity contribution in [1.29, 1.82) is 0 Å². The minimum Gasteiger partial charge on any atom is -0.309 e. The van der Waals surface area contributed by atoms with Crippen LogP contribution in [0.4, 0.5) is 0 Å². The van der Waals surface area contributed by atoms with E-state index >= 15 is 0 Å². The van der Waals surface area contributed by atoms with E-state index in [2.05, 4.69) is 9.88 Å². The second kappa shape index (κ2) is 6.50. The molecule has 0 unspecified atom stereocenters. The standard InChI is InChI=1S/C15H14Cl2N4O2S3/c1-19(2)5-3-9-7-21(13-10(9)4-6-24-13)26(22,23)14-12(17)18-15-20(14)8-11(16)25-15/h4,6-8H,3,5H2,1-2H3. The molecule has 0 radical (unpaired) electrons. The molecule has 0 saturated carbocycles. The molecule has 0 aromatic carbocycles. The summed E-state index contributed by atoms with van der Waals surface area (Å²) in [6.45, 7) is 0.826. The molecule has 0 N–H and O–H groups in total. The van der Waals surface area contributed by atoms with Gasteiger partial charge >= 0.3 is 0 Å². The van der Waals surface area contributed by atoms with Crippen molar-refractivity contribution in [1.82, 2.24) is 18.3 Å². The van der Waals surface area contributed by atoms with Gasteiger partial charge in [-0.2, -0.15) is 8.42 Å². The lowest BCUT2D eigenvalue weighted by Gasteiger charge is -2.08. The highest BCUT2D eigenvalue weighted by atomic mass is 35.5. The van der Waals surface area contributed by atoms with E-state index in [0.29, 0.717) is 14.1 Å². The average molecular weight is 449 g/mol. The van der Waals surface area contributed by atoms with Crippen LogP contribution < -0.4 is 0 Å². The number of likely N-dealkylation sites (N-methyl/N-ethyl adjacent to an activating group) is 1. The summed E-state index contributed by atoms with van der Waals surface area (Å²) < 4.78 is 29.9. The number of halogens is 2. The van der Waals surface area contributed by atoms with Crippen molar-refractivity contribution in [3.63, 3.8) is 0 Å². The molecule has 0 aliphatic heterocycles. The number of thiazole rings is 1. The van der Waals surface area contributed by atoms with Crippen LogP contribution in [-0.4, -0.2) is 47.3 Å². The van der Waals surface area contributed by atoms with Crippen molar-refractivity contribution < 1.29 is 8.42 Å². The van der Waals surface area contributed by atoms with Crippen molar-refractivity contribution in [3.8, 4) is 0 Å². The second-order valence-electron chi connectivity index (χ2n) is 6.04. The smallest absolute Gasteiger partial charge is 0.288 e. The average Bonchev–Trinajstić information content (AvgIpc) is 3.24. The number of hydrogen-bond donors (Lipinski definition) is 0. The summed E-state index contributed by atoms with van der Waals surface area (Å²) >= 11 is 14.7. The Kier molecular flexibility index (Phi) is 4.57.